The third-order valence-electron chi connectivity index (χ3n) is 3.45. The van der Waals surface area contributed by atoms with Crippen LogP contribution in [0.25, 0.3) is 10.2 Å². The van der Waals surface area contributed by atoms with Crippen molar-refractivity contribution < 1.29 is 19.8 Å². The summed E-state index contributed by atoms with van der Waals surface area (Å²) in [5.74, 6) is -2.05. The molecular formula is C16H12ClN3O4S. The van der Waals surface area contributed by atoms with Crippen LogP contribution in [0.5, 0.6) is 0 Å². The van der Waals surface area contributed by atoms with Crippen LogP contribution in [-0.4, -0.2) is 32.1 Å². The van der Waals surface area contributed by atoms with Crippen molar-refractivity contribution in [3.05, 3.63) is 45.6 Å². The minimum atomic E-state index is -1.22. The molecule has 0 amide bonds. The van der Waals surface area contributed by atoms with Crippen molar-refractivity contribution in [3.8, 4) is 0 Å². The molecule has 0 aliphatic carbocycles. The molecule has 128 valence electrons. The number of rotatable bonds is 5. The lowest BCUT2D eigenvalue weighted by atomic mass is 10.1. The Hall–Kier alpha value is -2.71. The van der Waals surface area contributed by atoms with Gasteiger partial charge in [0.25, 0.3) is 0 Å². The second kappa shape index (κ2) is 6.66. The SMILES string of the molecule is CCc1cc2c(Nc3cc(C(=O)O)cc(C(=O)O)c3)nc(Cl)nc2s1. The molecule has 0 atom stereocenters. The summed E-state index contributed by atoms with van der Waals surface area (Å²) in [6, 6.07) is 5.70. The van der Waals surface area contributed by atoms with Gasteiger partial charge >= 0.3 is 11.9 Å². The highest BCUT2D eigenvalue weighted by Gasteiger charge is 2.15. The first-order chi connectivity index (χ1) is 11.9. The van der Waals surface area contributed by atoms with Crippen molar-refractivity contribution in [2.45, 2.75) is 13.3 Å². The first-order valence-corrected chi connectivity index (χ1v) is 8.41. The molecule has 2 aromatic heterocycles. The van der Waals surface area contributed by atoms with E-state index >= 15 is 0 Å². The maximum atomic E-state index is 11.2. The van der Waals surface area contributed by atoms with Gasteiger partial charge in [-0.3, -0.25) is 0 Å². The summed E-state index contributed by atoms with van der Waals surface area (Å²) in [4.78, 5) is 32.6. The highest BCUT2D eigenvalue weighted by atomic mass is 35.5. The van der Waals surface area contributed by atoms with Gasteiger partial charge in [-0.25, -0.2) is 14.6 Å². The normalized spacial score (nSPS) is 10.8. The Kier molecular flexibility index (Phi) is 4.56. The Morgan fingerprint density at radius 2 is 1.76 bits per heavy atom. The van der Waals surface area contributed by atoms with Gasteiger partial charge in [0.15, 0.2) is 0 Å². The molecule has 0 aliphatic heterocycles. The molecule has 0 radical (unpaired) electrons. The van der Waals surface area contributed by atoms with Gasteiger partial charge < -0.3 is 15.5 Å². The maximum Gasteiger partial charge on any atom is 0.335 e. The molecule has 0 saturated heterocycles. The third-order valence-corrected chi connectivity index (χ3v) is 4.80. The van der Waals surface area contributed by atoms with Gasteiger partial charge in [-0.05, 0) is 42.3 Å². The molecule has 3 aromatic rings. The Morgan fingerprint density at radius 3 is 2.32 bits per heavy atom. The molecule has 1 aromatic carbocycles. The van der Waals surface area contributed by atoms with E-state index in [-0.39, 0.29) is 22.1 Å². The summed E-state index contributed by atoms with van der Waals surface area (Å²) in [5.41, 5.74) is 0.00865. The number of benzene rings is 1. The summed E-state index contributed by atoms with van der Waals surface area (Å²) in [6.45, 7) is 2.02. The minimum Gasteiger partial charge on any atom is -0.478 e. The van der Waals surface area contributed by atoms with Gasteiger partial charge in [0.05, 0.1) is 16.5 Å². The van der Waals surface area contributed by atoms with Gasteiger partial charge in [-0.15, -0.1) is 11.3 Å². The van der Waals surface area contributed by atoms with Gasteiger partial charge in [0.2, 0.25) is 5.28 Å². The summed E-state index contributed by atoms with van der Waals surface area (Å²) < 4.78 is 0. The Morgan fingerprint density at radius 1 is 1.12 bits per heavy atom. The number of thiophene rings is 1. The lowest BCUT2D eigenvalue weighted by molar-refractivity contribution is 0.0696. The van der Waals surface area contributed by atoms with E-state index in [9.17, 15) is 9.59 Å². The first-order valence-electron chi connectivity index (χ1n) is 7.22. The molecule has 0 spiro atoms. The largest absolute Gasteiger partial charge is 0.478 e. The summed E-state index contributed by atoms with van der Waals surface area (Å²) >= 11 is 7.45. The van der Waals surface area contributed by atoms with Gasteiger partial charge in [-0.1, -0.05) is 6.92 Å². The van der Waals surface area contributed by atoms with Crippen molar-refractivity contribution in [2.24, 2.45) is 0 Å². The topological polar surface area (TPSA) is 112 Å². The fourth-order valence-electron chi connectivity index (χ4n) is 2.30. The van der Waals surface area contributed by atoms with Crippen LogP contribution in [-0.2, 0) is 6.42 Å². The molecule has 9 heteroatoms. The maximum absolute atomic E-state index is 11.2. The van der Waals surface area contributed by atoms with Gasteiger partial charge in [-0.2, -0.15) is 4.98 Å². The number of fused-ring (bicyclic) bond motifs is 1. The number of nitrogens with zero attached hydrogens (tertiary/aromatic N) is 2. The van der Waals surface area contributed by atoms with Crippen LogP contribution in [0, 0.1) is 0 Å². The molecule has 0 aliphatic rings. The van der Waals surface area contributed by atoms with Crippen LogP contribution >= 0.6 is 22.9 Å². The molecule has 0 bridgehead atoms. The van der Waals surface area contributed by atoms with Crippen molar-refractivity contribution in [2.75, 3.05) is 5.32 Å². The van der Waals surface area contributed by atoms with E-state index in [1.165, 1.54) is 23.5 Å². The second-order valence-corrected chi connectivity index (χ2v) is 6.61. The molecule has 25 heavy (non-hydrogen) atoms. The van der Waals surface area contributed by atoms with E-state index in [1.807, 2.05) is 13.0 Å². The van der Waals surface area contributed by atoms with E-state index < -0.39 is 11.9 Å². The van der Waals surface area contributed by atoms with E-state index in [4.69, 9.17) is 21.8 Å². The van der Waals surface area contributed by atoms with Gasteiger partial charge in [0, 0.05) is 10.6 Å². The molecule has 3 rings (SSSR count). The van der Waals surface area contributed by atoms with Crippen LogP contribution in [0.1, 0.15) is 32.5 Å². The van der Waals surface area contributed by atoms with Crippen LogP contribution in [0.3, 0.4) is 0 Å². The van der Waals surface area contributed by atoms with Gasteiger partial charge in [0.1, 0.15) is 10.6 Å². The monoisotopic (exact) mass is 377 g/mol. The standard InChI is InChI=1S/C16H12ClN3O4S/c1-2-10-6-11-12(19-16(17)20-13(11)25-10)18-9-4-7(14(21)22)3-8(5-9)15(23)24/h3-6H,2H2,1H3,(H,21,22)(H,23,24)(H,18,19,20). The number of anilines is 2. The fraction of sp³-hybridized carbons (Fsp3) is 0.125. The molecule has 0 fully saturated rings. The Labute approximate surface area is 150 Å². The summed E-state index contributed by atoms with van der Waals surface area (Å²) in [6.07, 6.45) is 0.829. The van der Waals surface area contributed by atoms with Crippen molar-refractivity contribution >= 4 is 56.6 Å². The number of carboxylic acids is 2. The number of aryl methyl sites for hydroxylation is 1. The molecule has 7 nitrogen and oxygen atoms in total. The quantitative estimate of drug-likeness (QED) is 0.575. The fourth-order valence-corrected chi connectivity index (χ4v) is 3.48. The molecule has 3 N–H and O–H groups in total. The highest BCUT2D eigenvalue weighted by molar-refractivity contribution is 7.18. The van der Waals surface area contributed by atoms with Crippen molar-refractivity contribution in [1.82, 2.24) is 9.97 Å². The molecule has 0 unspecified atom stereocenters. The average Bonchev–Trinajstić information content (AvgIpc) is 2.97. The van der Waals surface area contributed by atoms with Crippen molar-refractivity contribution in [3.63, 3.8) is 0 Å². The minimum absolute atomic E-state index is 0.0485. The number of hydrogen-bond acceptors (Lipinski definition) is 6. The van der Waals surface area contributed by atoms with E-state index in [0.717, 1.165) is 22.8 Å². The van der Waals surface area contributed by atoms with Crippen molar-refractivity contribution in [1.29, 1.82) is 0 Å². The van der Waals surface area contributed by atoms with Crippen LogP contribution in [0.2, 0.25) is 5.28 Å². The molecular weight excluding hydrogens is 366 g/mol. The second-order valence-electron chi connectivity index (χ2n) is 5.16. The molecule has 0 saturated carbocycles. The van der Waals surface area contributed by atoms with Crippen LogP contribution in [0.4, 0.5) is 11.5 Å². The lowest BCUT2D eigenvalue weighted by Gasteiger charge is -2.09. The number of carbonyl (C=O) groups is 2. The zero-order valence-corrected chi connectivity index (χ0v) is 14.5. The highest BCUT2D eigenvalue weighted by Crippen LogP contribution is 2.32. The number of hydrogen-bond donors (Lipinski definition) is 3. The Balaban J connectivity index is 2.10. The van der Waals surface area contributed by atoms with E-state index in [2.05, 4.69) is 15.3 Å². The summed E-state index contributed by atoms with van der Waals surface area (Å²) in [5, 5.41) is 22.1. The predicted octanol–water partition coefficient (Wildman–Crippen LogP) is 4.05. The summed E-state index contributed by atoms with van der Waals surface area (Å²) in [7, 11) is 0. The van der Waals surface area contributed by atoms with Crippen LogP contribution < -0.4 is 5.32 Å². The predicted molar refractivity (Wildman–Crippen MR) is 95.4 cm³/mol. The average molecular weight is 378 g/mol. The Bertz CT molecular complexity index is 970. The number of aromatic carboxylic acids is 2. The zero-order chi connectivity index (χ0) is 18.1. The third kappa shape index (κ3) is 3.54. The number of carboxylic acid groups (broad SMARTS) is 2. The number of aromatic nitrogens is 2. The lowest BCUT2D eigenvalue weighted by Crippen LogP contribution is -2.05. The number of nitrogens with one attached hydrogen (secondary N) is 1. The first kappa shape index (κ1) is 17.1. The molecule has 2 heterocycles. The smallest absolute Gasteiger partial charge is 0.335 e. The zero-order valence-electron chi connectivity index (χ0n) is 12.9. The van der Waals surface area contributed by atoms with E-state index in [1.54, 1.807) is 0 Å². The number of halogens is 1. The van der Waals surface area contributed by atoms with E-state index in [0.29, 0.717) is 10.6 Å². The van der Waals surface area contributed by atoms with Crippen LogP contribution in [0.15, 0.2) is 24.3 Å².